The molecule has 0 radical (unpaired) electrons. The van der Waals surface area contributed by atoms with Crippen LogP contribution in [0.5, 0.6) is 0 Å². The summed E-state index contributed by atoms with van der Waals surface area (Å²) in [7, 11) is 0. The molecule has 5 rings (SSSR count). The highest BCUT2D eigenvalue weighted by Crippen LogP contribution is 2.35. The van der Waals surface area contributed by atoms with Crippen molar-refractivity contribution in [3.05, 3.63) is 71.3 Å². The first-order valence-corrected chi connectivity index (χ1v) is 8.95. The molecule has 4 aromatic heterocycles. The number of pyridine rings is 1. The van der Waals surface area contributed by atoms with E-state index in [0.29, 0.717) is 12.5 Å². The van der Waals surface area contributed by atoms with Gasteiger partial charge in [0, 0.05) is 37.3 Å². The molecule has 0 saturated carbocycles. The number of hydrogen-bond donors (Lipinski definition) is 1. The Hall–Kier alpha value is -3.36. The van der Waals surface area contributed by atoms with Crippen LogP contribution >= 0.6 is 0 Å². The predicted molar refractivity (Wildman–Crippen MR) is 98.4 cm³/mol. The lowest BCUT2D eigenvalue weighted by atomic mass is 10.00. The van der Waals surface area contributed by atoms with E-state index in [0.717, 1.165) is 34.6 Å². The van der Waals surface area contributed by atoms with Crippen molar-refractivity contribution < 1.29 is 8.78 Å². The Bertz CT molecular complexity index is 1130. The van der Waals surface area contributed by atoms with Crippen molar-refractivity contribution in [2.75, 3.05) is 11.4 Å². The summed E-state index contributed by atoms with van der Waals surface area (Å²) in [6, 6.07) is 5.71. The minimum absolute atomic E-state index is 0.193. The Morgan fingerprint density at radius 1 is 1.21 bits per heavy atom. The lowest BCUT2D eigenvalue weighted by Crippen LogP contribution is -2.37. The van der Waals surface area contributed by atoms with E-state index in [1.165, 1.54) is 12.4 Å². The van der Waals surface area contributed by atoms with Crippen LogP contribution in [0.25, 0.3) is 5.52 Å². The Labute approximate surface area is 159 Å². The molecule has 0 unspecified atom stereocenters. The van der Waals surface area contributed by atoms with E-state index in [9.17, 15) is 8.78 Å². The van der Waals surface area contributed by atoms with Gasteiger partial charge in [0.1, 0.15) is 6.04 Å². The van der Waals surface area contributed by atoms with E-state index in [1.54, 1.807) is 6.33 Å². The highest BCUT2D eigenvalue weighted by molar-refractivity contribution is 5.57. The molecule has 0 aliphatic carbocycles. The Kier molecular flexibility index (Phi) is 3.81. The lowest BCUT2D eigenvalue weighted by molar-refractivity contribution is 0.150. The SMILES string of the molecule is Cc1cccn2nc([C@@H]3c4nc[nH]c4CCN3c3ncc(C(F)F)cn3)cc12. The Morgan fingerprint density at radius 2 is 2.04 bits per heavy atom. The molecule has 142 valence electrons. The number of nitrogens with zero attached hydrogens (tertiary/aromatic N) is 6. The standard InChI is InChI=1S/C19H17F2N7/c1-11-3-2-5-28-15(11)7-14(26-28)17-16-13(24-10-25-16)4-6-27(17)19-22-8-12(9-23-19)18(20)21/h2-3,5,7-10,17-18H,4,6H2,1H3,(H,24,25)/t17-/m1/s1. The maximum absolute atomic E-state index is 12.9. The molecule has 1 aliphatic heterocycles. The number of fused-ring (bicyclic) bond motifs is 2. The normalized spacial score (nSPS) is 16.7. The Balaban J connectivity index is 1.63. The quantitative estimate of drug-likeness (QED) is 0.590. The summed E-state index contributed by atoms with van der Waals surface area (Å²) >= 11 is 0. The summed E-state index contributed by atoms with van der Waals surface area (Å²) < 4.78 is 27.6. The lowest BCUT2D eigenvalue weighted by Gasteiger charge is -2.33. The van der Waals surface area contributed by atoms with Gasteiger partial charge in [0.15, 0.2) is 0 Å². The van der Waals surface area contributed by atoms with Crippen LogP contribution in [0.4, 0.5) is 14.7 Å². The van der Waals surface area contributed by atoms with E-state index in [2.05, 4.69) is 19.9 Å². The number of aryl methyl sites for hydroxylation is 1. The zero-order chi connectivity index (χ0) is 19.3. The van der Waals surface area contributed by atoms with E-state index in [-0.39, 0.29) is 11.6 Å². The van der Waals surface area contributed by atoms with Gasteiger partial charge in [-0.05, 0) is 24.6 Å². The number of halogens is 2. The van der Waals surface area contributed by atoms with Gasteiger partial charge in [-0.1, -0.05) is 6.07 Å². The Morgan fingerprint density at radius 3 is 2.79 bits per heavy atom. The van der Waals surface area contributed by atoms with Gasteiger partial charge in [-0.25, -0.2) is 28.2 Å². The molecule has 0 aromatic carbocycles. The number of rotatable bonds is 3. The van der Waals surface area contributed by atoms with Gasteiger partial charge in [-0.3, -0.25) is 0 Å². The highest BCUT2D eigenvalue weighted by Gasteiger charge is 2.34. The van der Waals surface area contributed by atoms with Gasteiger partial charge in [0.2, 0.25) is 5.95 Å². The zero-order valence-corrected chi connectivity index (χ0v) is 15.0. The first-order chi connectivity index (χ1) is 13.6. The molecule has 0 saturated heterocycles. The number of nitrogens with one attached hydrogen (secondary N) is 1. The first-order valence-electron chi connectivity index (χ1n) is 8.95. The second-order valence-electron chi connectivity index (χ2n) is 6.82. The number of alkyl halides is 2. The van der Waals surface area contributed by atoms with Gasteiger partial charge in [-0.2, -0.15) is 5.10 Å². The molecule has 28 heavy (non-hydrogen) atoms. The third-order valence-corrected chi connectivity index (χ3v) is 5.10. The van der Waals surface area contributed by atoms with Crippen molar-refractivity contribution in [3.63, 3.8) is 0 Å². The minimum Gasteiger partial charge on any atom is -0.348 e. The number of aromatic amines is 1. The fourth-order valence-electron chi connectivity index (χ4n) is 3.69. The van der Waals surface area contributed by atoms with Gasteiger partial charge in [0.05, 0.1) is 28.8 Å². The average Bonchev–Trinajstić information content (AvgIpc) is 3.34. The second kappa shape index (κ2) is 6.36. The van der Waals surface area contributed by atoms with Crippen LogP contribution in [0, 0.1) is 6.92 Å². The highest BCUT2D eigenvalue weighted by atomic mass is 19.3. The van der Waals surface area contributed by atoms with Crippen LogP contribution < -0.4 is 4.90 Å². The molecule has 0 amide bonds. The van der Waals surface area contributed by atoms with Gasteiger partial charge >= 0.3 is 0 Å². The molecule has 7 nitrogen and oxygen atoms in total. The molecule has 0 spiro atoms. The number of anilines is 1. The average molecular weight is 381 g/mol. The zero-order valence-electron chi connectivity index (χ0n) is 15.0. The van der Waals surface area contributed by atoms with Crippen LogP contribution in [0.15, 0.2) is 43.1 Å². The molecule has 9 heteroatoms. The molecule has 0 fully saturated rings. The summed E-state index contributed by atoms with van der Waals surface area (Å²) in [6.45, 7) is 2.66. The van der Waals surface area contributed by atoms with Crippen LogP contribution in [-0.2, 0) is 6.42 Å². The summed E-state index contributed by atoms with van der Waals surface area (Å²) in [5, 5.41) is 4.74. The summed E-state index contributed by atoms with van der Waals surface area (Å²) in [4.78, 5) is 18.0. The van der Waals surface area contributed by atoms with Crippen molar-refractivity contribution in [2.45, 2.75) is 25.8 Å². The third-order valence-electron chi connectivity index (χ3n) is 5.10. The summed E-state index contributed by atoms with van der Waals surface area (Å²) in [5.41, 5.74) is 4.63. The van der Waals surface area contributed by atoms with Crippen molar-refractivity contribution in [1.82, 2.24) is 29.5 Å². The maximum atomic E-state index is 12.9. The monoisotopic (exact) mass is 381 g/mol. The summed E-state index contributed by atoms with van der Waals surface area (Å²) in [5.74, 6) is 0.386. The smallest absolute Gasteiger partial charge is 0.266 e. The van der Waals surface area contributed by atoms with Gasteiger partial charge in [0.25, 0.3) is 6.43 Å². The fraction of sp³-hybridized carbons (Fsp3) is 0.263. The molecular weight excluding hydrogens is 364 g/mol. The number of aromatic nitrogens is 6. The van der Waals surface area contributed by atoms with Crippen molar-refractivity contribution in [1.29, 1.82) is 0 Å². The topological polar surface area (TPSA) is 75.0 Å². The number of H-pyrrole nitrogens is 1. The van der Waals surface area contributed by atoms with Crippen molar-refractivity contribution >= 4 is 11.5 Å². The molecule has 1 atom stereocenters. The predicted octanol–water partition coefficient (Wildman–Crippen LogP) is 3.25. The van der Waals surface area contributed by atoms with Crippen LogP contribution in [0.2, 0.25) is 0 Å². The van der Waals surface area contributed by atoms with Crippen LogP contribution in [0.1, 0.15) is 40.7 Å². The molecule has 5 heterocycles. The van der Waals surface area contributed by atoms with E-state index in [1.807, 2.05) is 40.7 Å². The second-order valence-corrected chi connectivity index (χ2v) is 6.82. The fourth-order valence-corrected chi connectivity index (χ4v) is 3.69. The molecule has 1 N–H and O–H groups in total. The van der Waals surface area contributed by atoms with E-state index >= 15 is 0 Å². The van der Waals surface area contributed by atoms with E-state index < -0.39 is 6.43 Å². The molecule has 4 aromatic rings. The number of imidazole rings is 1. The summed E-state index contributed by atoms with van der Waals surface area (Å²) in [6.07, 6.45) is 4.07. The van der Waals surface area contributed by atoms with Gasteiger partial charge in [-0.15, -0.1) is 0 Å². The minimum atomic E-state index is -2.59. The van der Waals surface area contributed by atoms with Crippen LogP contribution in [0.3, 0.4) is 0 Å². The van der Waals surface area contributed by atoms with Crippen molar-refractivity contribution in [3.8, 4) is 0 Å². The first kappa shape index (κ1) is 16.8. The maximum Gasteiger partial charge on any atom is 0.266 e. The molecule has 1 aliphatic rings. The van der Waals surface area contributed by atoms with Crippen LogP contribution in [-0.4, -0.2) is 36.1 Å². The van der Waals surface area contributed by atoms with Gasteiger partial charge < -0.3 is 9.88 Å². The molecular formula is C19H17F2N7. The third kappa shape index (κ3) is 2.62. The molecule has 0 bridgehead atoms. The largest absolute Gasteiger partial charge is 0.348 e. The van der Waals surface area contributed by atoms with E-state index in [4.69, 9.17) is 5.10 Å². The van der Waals surface area contributed by atoms with Crippen molar-refractivity contribution in [2.24, 2.45) is 0 Å². The number of hydrogen-bond acceptors (Lipinski definition) is 5.